The molecule has 4 rings (SSSR count). The fourth-order valence-electron chi connectivity index (χ4n) is 3.68. The van der Waals surface area contributed by atoms with Crippen molar-refractivity contribution in [1.82, 2.24) is 10.2 Å². The van der Waals surface area contributed by atoms with Crippen LogP contribution in [0.4, 0.5) is 19.3 Å². The van der Waals surface area contributed by atoms with Crippen molar-refractivity contribution in [2.45, 2.75) is 32.0 Å². The molecule has 2 heterocycles. The Morgan fingerprint density at radius 2 is 1.97 bits per heavy atom. The van der Waals surface area contributed by atoms with Gasteiger partial charge in [-0.25, -0.2) is 13.6 Å². The van der Waals surface area contributed by atoms with Crippen molar-refractivity contribution in [2.24, 2.45) is 0 Å². The summed E-state index contributed by atoms with van der Waals surface area (Å²) in [5.74, 6) is -2.89. The molecule has 0 aromatic heterocycles. The Balaban J connectivity index is 1.44. The van der Waals surface area contributed by atoms with Crippen molar-refractivity contribution in [2.75, 3.05) is 5.32 Å². The number of imide groups is 1. The number of ether oxygens (including phenoxy) is 1. The highest BCUT2D eigenvalue weighted by Crippen LogP contribution is 2.30. The molecule has 11 heteroatoms. The molecule has 4 amide bonds. The molecular formula is C21H16ClF2N3O5. The molecule has 2 aromatic carbocycles. The second-order valence-electron chi connectivity index (χ2n) is 7.36. The summed E-state index contributed by atoms with van der Waals surface area (Å²) >= 11 is 5.72. The summed E-state index contributed by atoms with van der Waals surface area (Å²) in [6.07, 6.45) is -0.681. The number of piperidine rings is 1. The molecule has 0 bridgehead atoms. The normalized spacial score (nSPS) is 17.8. The van der Waals surface area contributed by atoms with Crippen LogP contribution in [-0.4, -0.2) is 34.8 Å². The van der Waals surface area contributed by atoms with Gasteiger partial charge in [0.25, 0.3) is 5.91 Å². The number of hydrogen-bond acceptors (Lipinski definition) is 5. The van der Waals surface area contributed by atoms with Crippen LogP contribution in [0.1, 0.15) is 34.3 Å². The van der Waals surface area contributed by atoms with Crippen LogP contribution in [0.25, 0.3) is 0 Å². The Morgan fingerprint density at radius 1 is 1.19 bits per heavy atom. The summed E-state index contributed by atoms with van der Waals surface area (Å²) < 4.78 is 33.0. The monoisotopic (exact) mass is 463 g/mol. The number of carbonyl (C=O) groups is 4. The molecule has 1 saturated heterocycles. The van der Waals surface area contributed by atoms with Crippen molar-refractivity contribution in [1.29, 1.82) is 0 Å². The van der Waals surface area contributed by atoms with Crippen LogP contribution in [0.3, 0.4) is 0 Å². The van der Waals surface area contributed by atoms with Crippen LogP contribution < -0.4 is 10.6 Å². The summed E-state index contributed by atoms with van der Waals surface area (Å²) in [4.78, 5) is 49.4. The van der Waals surface area contributed by atoms with Crippen molar-refractivity contribution in [3.8, 4) is 0 Å². The summed E-state index contributed by atoms with van der Waals surface area (Å²) in [6, 6.07) is 5.09. The van der Waals surface area contributed by atoms with Crippen molar-refractivity contribution in [3.05, 3.63) is 63.7 Å². The number of amides is 4. The highest BCUT2D eigenvalue weighted by molar-refractivity contribution is 6.30. The third-order valence-corrected chi connectivity index (χ3v) is 5.36. The first-order valence-electron chi connectivity index (χ1n) is 9.57. The first-order chi connectivity index (χ1) is 15.2. The molecule has 1 fully saturated rings. The molecule has 8 nitrogen and oxygen atoms in total. The minimum atomic E-state index is -0.927. The zero-order valence-electron chi connectivity index (χ0n) is 16.4. The molecule has 1 unspecified atom stereocenters. The lowest BCUT2D eigenvalue weighted by Gasteiger charge is -2.29. The predicted octanol–water partition coefficient (Wildman–Crippen LogP) is 3.13. The fraction of sp³-hybridized carbons (Fsp3) is 0.238. The molecule has 2 aliphatic heterocycles. The van der Waals surface area contributed by atoms with Gasteiger partial charge < -0.3 is 9.64 Å². The van der Waals surface area contributed by atoms with Crippen LogP contribution in [0.5, 0.6) is 0 Å². The lowest BCUT2D eigenvalue weighted by Crippen LogP contribution is -2.52. The fourth-order valence-corrected chi connectivity index (χ4v) is 3.91. The smallest absolute Gasteiger partial charge is 0.411 e. The SMILES string of the molecule is O=C1CCC(N2Cc3c(F)cc(COC(=O)Nc4cc(F)cc(Cl)c4)cc3C2=O)C(=O)N1. The first-order valence-corrected chi connectivity index (χ1v) is 9.95. The molecule has 32 heavy (non-hydrogen) atoms. The Kier molecular flexibility index (Phi) is 5.79. The maximum absolute atomic E-state index is 14.6. The molecule has 2 N–H and O–H groups in total. The average Bonchev–Trinajstić information content (AvgIpc) is 3.03. The van der Waals surface area contributed by atoms with Crippen LogP contribution in [0, 0.1) is 11.6 Å². The van der Waals surface area contributed by atoms with Crippen LogP contribution in [-0.2, 0) is 27.5 Å². The molecule has 0 saturated carbocycles. The zero-order valence-corrected chi connectivity index (χ0v) is 17.2. The number of nitrogens with zero attached hydrogens (tertiary/aromatic N) is 1. The van der Waals surface area contributed by atoms with Gasteiger partial charge in [-0.05, 0) is 42.3 Å². The molecule has 2 aromatic rings. The summed E-state index contributed by atoms with van der Waals surface area (Å²) in [7, 11) is 0. The number of benzene rings is 2. The second-order valence-corrected chi connectivity index (χ2v) is 7.80. The number of rotatable bonds is 4. The summed E-state index contributed by atoms with van der Waals surface area (Å²) in [5.41, 5.74) is 0.482. The van der Waals surface area contributed by atoms with Crippen LogP contribution >= 0.6 is 11.6 Å². The number of anilines is 1. The van der Waals surface area contributed by atoms with E-state index < -0.39 is 41.5 Å². The van der Waals surface area contributed by atoms with Gasteiger partial charge in [-0.1, -0.05) is 11.6 Å². The summed E-state index contributed by atoms with van der Waals surface area (Å²) in [5, 5.41) is 4.56. The van der Waals surface area contributed by atoms with E-state index in [2.05, 4.69) is 10.6 Å². The third-order valence-electron chi connectivity index (χ3n) is 5.14. The van der Waals surface area contributed by atoms with E-state index in [9.17, 15) is 28.0 Å². The Morgan fingerprint density at radius 3 is 2.69 bits per heavy atom. The maximum Gasteiger partial charge on any atom is 0.411 e. The molecule has 0 spiro atoms. The van der Waals surface area contributed by atoms with Gasteiger partial charge in [-0.15, -0.1) is 0 Å². The zero-order chi connectivity index (χ0) is 23.0. The van der Waals surface area contributed by atoms with E-state index >= 15 is 0 Å². The lowest BCUT2D eigenvalue weighted by molar-refractivity contribution is -0.136. The van der Waals surface area contributed by atoms with E-state index in [1.54, 1.807) is 0 Å². The van der Waals surface area contributed by atoms with Gasteiger partial charge in [0.15, 0.2) is 0 Å². The van der Waals surface area contributed by atoms with Gasteiger partial charge >= 0.3 is 6.09 Å². The second kappa shape index (κ2) is 8.54. The van der Waals surface area contributed by atoms with Gasteiger partial charge in [0, 0.05) is 28.3 Å². The highest BCUT2D eigenvalue weighted by Gasteiger charge is 2.40. The highest BCUT2D eigenvalue weighted by atomic mass is 35.5. The Bertz CT molecular complexity index is 1140. The number of hydrogen-bond donors (Lipinski definition) is 2. The minimum Gasteiger partial charge on any atom is -0.444 e. The maximum atomic E-state index is 14.6. The van der Waals surface area contributed by atoms with E-state index in [0.717, 1.165) is 18.2 Å². The number of halogens is 3. The predicted molar refractivity (Wildman–Crippen MR) is 108 cm³/mol. The quantitative estimate of drug-likeness (QED) is 0.678. The third kappa shape index (κ3) is 4.40. The van der Waals surface area contributed by atoms with Crippen LogP contribution in [0.2, 0.25) is 5.02 Å². The van der Waals surface area contributed by atoms with E-state index in [1.165, 1.54) is 17.0 Å². The van der Waals surface area contributed by atoms with E-state index in [-0.39, 0.29) is 53.4 Å². The van der Waals surface area contributed by atoms with E-state index in [1.807, 2.05) is 0 Å². The van der Waals surface area contributed by atoms with Gasteiger partial charge in [-0.2, -0.15) is 0 Å². The number of fused-ring (bicyclic) bond motifs is 1. The van der Waals surface area contributed by atoms with Crippen molar-refractivity contribution >= 4 is 41.1 Å². The minimum absolute atomic E-state index is 0.0608. The van der Waals surface area contributed by atoms with E-state index in [0.29, 0.717) is 0 Å². The van der Waals surface area contributed by atoms with Gasteiger partial charge in [0.2, 0.25) is 11.8 Å². The molecular weight excluding hydrogens is 448 g/mol. The molecule has 0 radical (unpaired) electrons. The molecule has 166 valence electrons. The summed E-state index contributed by atoms with van der Waals surface area (Å²) in [6.45, 7) is -0.459. The van der Waals surface area contributed by atoms with Crippen molar-refractivity contribution in [3.63, 3.8) is 0 Å². The van der Waals surface area contributed by atoms with Crippen molar-refractivity contribution < 1.29 is 32.7 Å². The Hall–Kier alpha value is -3.53. The first kappa shape index (κ1) is 21.7. The molecule has 1 atom stereocenters. The number of carbonyl (C=O) groups excluding carboxylic acids is 4. The van der Waals surface area contributed by atoms with Crippen LogP contribution in [0.15, 0.2) is 30.3 Å². The standard InChI is InChI=1S/C21H16ClF2N3O5/c22-11-5-12(23)7-13(6-11)25-21(31)32-9-10-3-14-15(16(24)4-10)8-27(20(14)30)17-1-2-18(28)26-19(17)29/h3-7,17H,1-2,8-9H2,(H,25,31)(H,26,28,29). The van der Waals surface area contributed by atoms with E-state index in [4.69, 9.17) is 16.3 Å². The molecule has 0 aliphatic carbocycles. The Labute approximate surface area is 185 Å². The van der Waals surface area contributed by atoms with Gasteiger partial charge in [0.1, 0.15) is 24.3 Å². The number of nitrogens with one attached hydrogen (secondary N) is 2. The van der Waals surface area contributed by atoms with Gasteiger partial charge in [0.05, 0.1) is 6.54 Å². The lowest BCUT2D eigenvalue weighted by atomic mass is 10.0. The average molecular weight is 464 g/mol. The topological polar surface area (TPSA) is 105 Å². The largest absolute Gasteiger partial charge is 0.444 e. The molecule has 2 aliphatic rings. The van der Waals surface area contributed by atoms with Gasteiger partial charge in [-0.3, -0.25) is 25.0 Å².